The smallest absolute Gasteiger partial charge is 0.309 e. The third-order valence-electron chi connectivity index (χ3n) is 5.64. The van der Waals surface area contributed by atoms with Crippen LogP contribution in [0, 0.1) is 5.92 Å². The highest BCUT2D eigenvalue weighted by Crippen LogP contribution is 2.26. The fourth-order valence-electron chi connectivity index (χ4n) is 3.67. The van der Waals surface area contributed by atoms with Crippen molar-refractivity contribution in [1.82, 2.24) is 4.98 Å². The fraction of sp³-hybridized carbons (Fsp3) is 0.500. The molecule has 2 N–H and O–H groups in total. The molecule has 0 aromatic carbocycles. The van der Waals surface area contributed by atoms with Gasteiger partial charge in [-0.1, -0.05) is 37.3 Å². The molecule has 1 aromatic rings. The summed E-state index contributed by atoms with van der Waals surface area (Å²) in [6.07, 6.45) is 11.2. The Bertz CT molecular complexity index is 874. The number of esters is 2. The molecule has 1 aromatic heterocycles. The lowest BCUT2D eigenvalue weighted by Gasteiger charge is -2.32. The van der Waals surface area contributed by atoms with Gasteiger partial charge in [-0.3, -0.25) is 14.6 Å². The number of rotatable bonds is 5. The molecular formula is C26H35NO6. The quantitative estimate of drug-likeness (QED) is 0.396. The van der Waals surface area contributed by atoms with Crippen molar-refractivity contribution in [3.63, 3.8) is 0 Å². The number of allylic oxidation sites excluding steroid dienone is 3. The van der Waals surface area contributed by atoms with Crippen molar-refractivity contribution in [2.24, 2.45) is 5.92 Å². The number of pyridine rings is 1. The van der Waals surface area contributed by atoms with Crippen molar-refractivity contribution in [2.45, 2.75) is 77.3 Å². The van der Waals surface area contributed by atoms with Crippen LogP contribution in [-0.2, 0) is 25.5 Å². The Morgan fingerprint density at radius 2 is 2.12 bits per heavy atom. The number of aromatic nitrogens is 1. The van der Waals surface area contributed by atoms with Crippen LogP contribution in [0.25, 0.3) is 0 Å². The molecule has 0 fully saturated rings. The molecule has 2 rings (SSSR count). The lowest BCUT2D eigenvalue weighted by atomic mass is 9.88. The first-order chi connectivity index (χ1) is 15.6. The molecule has 0 saturated carbocycles. The van der Waals surface area contributed by atoms with E-state index in [1.165, 1.54) is 6.92 Å². The van der Waals surface area contributed by atoms with Crippen molar-refractivity contribution in [2.75, 3.05) is 0 Å². The summed E-state index contributed by atoms with van der Waals surface area (Å²) in [5.41, 5.74) is 0.526. The molecule has 0 aliphatic carbocycles. The first-order valence-electron chi connectivity index (χ1n) is 11.3. The normalized spacial score (nSPS) is 30.7. The van der Waals surface area contributed by atoms with Gasteiger partial charge in [0.1, 0.15) is 17.8 Å². The van der Waals surface area contributed by atoms with E-state index >= 15 is 0 Å². The van der Waals surface area contributed by atoms with Gasteiger partial charge < -0.3 is 19.7 Å². The number of nitrogens with zero attached hydrogens (tertiary/aromatic N) is 1. The third kappa shape index (κ3) is 8.94. The Morgan fingerprint density at radius 3 is 2.79 bits per heavy atom. The van der Waals surface area contributed by atoms with E-state index in [1.807, 2.05) is 50.4 Å². The third-order valence-corrected chi connectivity index (χ3v) is 5.64. The minimum Gasteiger partial charge on any atom is -0.457 e. The van der Waals surface area contributed by atoms with Gasteiger partial charge in [0.2, 0.25) is 0 Å². The summed E-state index contributed by atoms with van der Waals surface area (Å²) < 4.78 is 11.1. The highest BCUT2D eigenvalue weighted by Gasteiger charge is 2.34. The highest BCUT2D eigenvalue weighted by molar-refractivity contribution is 5.70. The number of aliphatic hydroxyl groups excluding tert-OH is 1. The first-order valence-corrected chi connectivity index (χ1v) is 11.3. The molecule has 1 aliphatic heterocycles. The Balaban J connectivity index is 2.25. The van der Waals surface area contributed by atoms with E-state index in [-0.39, 0.29) is 25.2 Å². The Morgan fingerprint density at radius 1 is 1.36 bits per heavy atom. The molecule has 7 heteroatoms. The maximum atomic E-state index is 12.5. The molecule has 5 atom stereocenters. The van der Waals surface area contributed by atoms with E-state index in [4.69, 9.17) is 9.47 Å². The summed E-state index contributed by atoms with van der Waals surface area (Å²) in [7, 11) is 0. The standard InChI is InChI=1S/C26H35NO6/c1-18(8-5-6-9-21-10-7-15-27-17-21)25-19(2)11-12-23(32-20(3)28)26(4,31)14-13-22(29)16-24(30)33-25/h5-8,10-12,15,17,19,22-23,25,29,31H,9,13-14,16H2,1-4H3/b6-5+,12-11-,18-8+/t19-,22+,23+,25+,26+/m0/s1. The van der Waals surface area contributed by atoms with E-state index < -0.39 is 35.9 Å². The average Bonchev–Trinajstić information content (AvgIpc) is 2.76. The predicted octanol–water partition coefficient (Wildman–Crippen LogP) is 3.46. The van der Waals surface area contributed by atoms with Crippen LogP contribution in [0.1, 0.15) is 52.5 Å². The largest absolute Gasteiger partial charge is 0.457 e. The Hall–Kier alpha value is -2.77. The van der Waals surface area contributed by atoms with Crippen LogP contribution in [0.4, 0.5) is 0 Å². The van der Waals surface area contributed by atoms with Crippen LogP contribution in [-0.4, -0.2) is 51.0 Å². The molecule has 0 unspecified atom stereocenters. The zero-order valence-electron chi connectivity index (χ0n) is 19.8. The van der Waals surface area contributed by atoms with Crippen molar-refractivity contribution < 1.29 is 29.3 Å². The van der Waals surface area contributed by atoms with E-state index in [0.29, 0.717) is 0 Å². The number of cyclic esters (lactones) is 1. The minimum absolute atomic E-state index is 0.155. The van der Waals surface area contributed by atoms with Crippen LogP contribution < -0.4 is 0 Å². The molecule has 180 valence electrons. The van der Waals surface area contributed by atoms with Gasteiger partial charge in [-0.05, 0) is 56.4 Å². The number of carbonyl (C=O) groups is 2. The van der Waals surface area contributed by atoms with E-state index in [1.54, 1.807) is 25.3 Å². The van der Waals surface area contributed by atoms with Gasteiger partial charge in [0.05, 0.1) is 12.5 Å². The van der Waals surface area contributed by atoms with Gasteiger partial charge in [0, 0.05) is 25.2 Å². The monoisotopic (exact) mass is 457 g/mol. The van der Waals surface area contributed by atoms with Gasteiger partial charge in [0.15, 0.2) is 0 Å². The maximum absolute atomic E-state index is 12.5. The van der Waals surface area contributed by atoms with Gasteiger partial charge in [0.25, 0.3) is 0 Å². The topological polar surface area (TPSA) is 106 Å². The van der Waals surface area contributed by atoms with Gasteiger partial charge in [-0.2, -0.15) is 0 Å². The molecule has 0 spiro atoms. The lowest BCUT2D eigenvalue weighted by Crippen LogP contribution is -2.42. The second-order valence-electron chi connectivity index (χ2n) is 8.84. The van der Waals surface area contributed by atoms with Crippen molar-refractivity contribution in [1.29, 1.82) is 0 Å². The molecule has 2 heterocycles. The van der Waals surface area contributed by atoms with E-state index in [2.05, 4.69) is 4.98 Å². The molecule has 7 nitrogen and oxygen atoms in total. The first kappa shape index (κ1) is 26.5. The summed E-state index contributed by atoms with van der Waals surface area (Å²) in [4.78, 5) is 28.1. The Labute approximate surface area is 195 Å². The number of hydrogen-bond acceptors (Lipinski definition) is 7. The molecule has 0 bridgehead atoms. The van der Waals surface area contributed by atoms with Crippen molar-refractivity contribution in [3.05, 3.63) is 66.0 Å². The molecular weight excluding hydrogens is 422 g/mol. The number of aliphatic hydroxyl groups is 2. The van der Waals surface area contributed by atoms with Crippen LogP contribution in [0.3, 0.4) is 0 Å². The zero-order valence-corrected chi connectivity index (χ0v) is 19.8. The minimum atomic E-state index is -1.39. The van der Waals surface area contributed by atoms with E-state index in [9.17, 15) is 19.8 Å². The molecule has 0 amide bonds. The van der Waals surface area contributed by atoms with Gasteiger partial charge >= 0.3 is 11.9 Å². The maximum Gasteiger partial charge on any atom is 0.309 e. The Kier molecular flexibility index (Phi) is 10.0. The predicted molar refractivity (Wildman–Crippen MR) is 125 cm³/mol. The number of carbonyl (C=O) groups excluding carboxylic acids is 2. The van der Waals surface area contributed by atoms with Crippen molar-refractivity contribution >= 4 is 11.9 Å². The molecule has 33 heavy (non-hydrogen) atoms. The summed E-state index contributed by atoms with van der Waals surface area (Å²) in [5.74, 6) is -1.28. The summed E-state index contributed by atoms with van der Waals surface area (Å²) in [6, 6.07) is 3.88. The van der Waals surface area contributed by atoms with Gasteiger partial charge in [-0.15, -0.1) is 0 Å². The molecule has 1 aliphatic rings. The highest BCUT2D eigenvalue weighted by atomic mass is 16.6. The van der Waals surface area contributed by atoms with Gasteiger partial charge in [-0.25, -0.2) is 0 Å². The summed E-state index contributed by atoms with van der Waals surface area (Å²) in [6.45, 7) is 6.60. The van der Waals surface area contributed by atoms with Crippen LogP contribution in [0.5, 0.6) is 0 Å². The number of hydrogen-bond donors (Lipinski definition) is 2. The molecule has 0 saturated heterocycles. The van der Waals surface area contributed by atoms with Crippen LogP contribution in [0.2, 0.25) is 0 Å². The van der Waals surface area contributed by atoms with E-state index in [0.717, 1.165) is 17.6 Å². The molecule has 0 radical (unpaired) electrons. The second kappa shape index (κ2) is 12.5. The summed E-state index contributed by atoms with van der Waals surface area (Å²) in [5, 5.41) is 21.1. The summed E-state index contributed by atoms with van der Waals surface area (Å²) >= 11 is 0. The lowest BCUT2D eigenvalue weighted by molar-refractivity contribution is -0.157. The van der Waals surface area contributed by atoms with Crippen LogP contribution in [0.15, 0.2) is 60.5 Å². The number of ether oxygens (including phenoxy) is 2. The average molecular weight is 458 g/mol. The SMILES string of the molecule is CC(=O)O[C@@H]1/C=C\[C@H](C)[C@@H](/C(C)=C/C=C/Cc2cccnc2)OC(=O)C[C@H](O)CC[C@@]1(C)O. The van der Waals surface area contributed by atoms with Crippen LogP contribution >= 0.6 is 0 Å². The fourth-order valence-corrected chi connectivity index (χ4v) is 3.67. The zero-order chi connectivity index (χ0) is 24.4. The van der Waals surface area contributed by atoms with Crippen molar-refractivity contribution in [3.8, 4) is 0 Å². The second-order valence-corrected chi connectivity index (χ2v) is 8.84.